The van der Waals surface area contributed by atoms with E-state index in [1.54, 1.807) is 0 Å². The summed E-state index contributed by atoms with van der Waals surface area (Å²) in [6.45, 7) is 0. The number of aliphatic hydroxyl groups excluding tert-OH is 1. The number of carbonyl (C=O) groups is 1. The first-order valence-electron chi connectivity index (χ1n) is 7.74. The molecule has 3 atom stereocenters. The van der Waals surface area contributed by atoms with Crippen LogP contribution < -0.4 is 16.4 Å². The highest BCUT2D eigenvalue weighted by Crippen LogP contribution is 2.13. The summed E-state index contributed by atoms with van der Waals surface area (Å²) in [7, 11) is 0. The molecule has 1 aliphatic heterocycles. The smallest absolute Gasteiger partial charge is 0.237 e. The predicted molar refractivity (Wildman–Crippen MR) is 89.6 cm³/mol. The van der Waals surface area contributed by atoms with Crippen molar-refractivity contribution in [2.45, 2.75) is 31.2 Å². The van der Waals surface area contributed by atoms with Gasteiger partial charge in [-0.1, -0.05) is 42.5 Å². The van der Waals surface area contributed by atoms with Crippen molar-refractivity contribution in [2.24, 2.45) is 0 Å². The molecule has 5 N–H and O–H groups in total. The Morgan fingerprint density at radius 2 is 1.61 bits per heavy atom. The fraction of sp³-hybridized carbons (Fsp3) is 0.278. The predicted octanol–water partition coefficient (Wildman–Crippen LogP) is 0.829. The second-order valence-electron chi connectivity index (χ2n) is 5.91. The van der Waals surface area contributed by atoms with Gasteiger partial charge in [0.05, 0.1) is 12.1 Å². The molecule has 5 heteroatoms. The fourth-order valence-electron chi connectivity index (χ4n) is 2.83. The van der Waals surface area contributed by atoms with Crippen LogP contribution in [0.5, 0.6) is 0 Å². The van der Waals surface area contributed by atoms with Crippen LogP contribution in [0.15, 0.2) is 54.6 Å². The number of nitrogen functional groups attached to an aromatic ring is 1. The van der Waals surface area contributed by atoms with Crippen LogP contribution in [-0.4, -0.2) is 29.3 Å². The minimum atomic E-state index is -0.772. The maximum atomic E-state index is 12.3. The molecule has 1 aliphatic rings. The molecule has 5 nitrogen and oxygen atoms in total. The van der Waals surface area contributed by atoms with Gasteiger partial charge in [-0.05, 0) is 36.1 Å². The van der Waals surface area contributed by atoms with E-state index in [4.69, 9.17) is 5.73 Å². The van der Waals surface area contributed by atoms with Crippen molar-refractivity contribution in [3.8, 4) is 0 Å². The Morgan fingerprint density at radius 1 is 0.957 bits per heavy atom. The van der Waals surface area contributed by atoms with E-state index in [-0.39, 0.29) is 11.9 Å². The normalized spacial score (nSPS) is 24.2. The molecule has 1 fully saturated rings. The minimum absolute atomic E-state index is 0.0898. The molecule has 23 heavy (non-hydrogen) atoms. The lowest BCUT2D eigenvalue weighted by Crippen LogP contribution is -2.65. The van der Waals surface area contributed by atoms with E-state index in [2.05, 4.69) is 10.6 Å². The Hall–Kier alpha value is -2.37. The van der Waals surface area contributed by atoms with Gasteiger partial charge >= 0.3 is 0 Å². The van der Waals surface area contributed by atoms with E-state index in [1.165, 1.54) is 0 Å². The average molecular weight is 311 g/mol. The number of anilines is 1. The SMILES string of the molecule is Nc1ccc(C[C@@H]2NC(O)[C@H](Cc3ccccc3)NC2=O)cc1. The van der Waals surface area contributed by atoms with Gasteiger partial charge in [0.25, 0.3) is 0 Å². The number of amides is 1. The number of nitrogens with one attached hydrogen (secondary N) is 2. The summed E-state index contributed by atoms with van der Waals surface area (Å²) in [5.74, 6) is -0.0898. The van der Waals surface area contributed by atoms with Crippen LogP contribution >= 0.6 is 0 Å². The molecule has 2 aromatic carbocycles. The average Bonchev–Trinajstić information content (AvgIpc) is 2.55. The molecule has 3 rings (SSSR count). The Labute approximate surface area is 135 Å². The molecule has 0 saturated carbocycles. The van der Waals surface area contributed by atoms with Gasteiger partial charge in [-0.3, -0.25) is 10.1 Å². The van der Waals surface area contributed by atoms with Gasteiger partial charge in [-0.2, -0.15) is 0 Å². The van der Waals surface area contributed by atoms with Crippen LogP contribution in [0.25, 0.3) is 0 Å². The molecule has 0 aliphatic carbocycles. The highest BCUT2D eigenvalue weighted by Gasteiger charge is 2.33. The lowest BCUT2D eigenvalue weighted by molar-refractivity contribution is -0.129. The lowest BCUT2D eigenvalue weighted by atomic mass is 9.98. The van der Waals surface area contributed by atoms with Crippen molar-refractivity contribution in [3.05, 3.63) is 65.7 Å². The quantitative estimate of drug-likeness (QED) is 0.630. The Morgan fingerprint density at radius 3 is 2.30 bits per heavy atom. The molecule has 0 bridgehead atoms. The third kappa shape index (κ3) is 3.88. The second-order valence-corrected chi connectivity index (χ2v) is 5.91. The maximum absolute atomic E-state index is 12.3. The largest absolute Gasteiger partial charge is 0.399 e. The van der Waals surface area contributed by atoms with E-state index >= 15 is 0 Å². The van der Waals surface area contributed by atoms with Crippen molar-refractivity contribution in [3.63, 3.8) is 0 Å². The first-order chi connectivity index (χ1) is 11.1. The van der Waals surface area contributed by atoms with Gasteiger partial charge in [0, 0.05) is 5.69 Å². The van der Waals surface area contributed by atoms with Crippen LogP contribution in [-0.2, 0) is 17.6 Å². The summed E-state index contributed by atoms with van der Waals surface area (Å²) >= 11 is 0. The minimum Gasteiger partial charge on any atom is -0.399 e. The zero-order valence-corrected chi connectivity index (χ0v) is 12.8. The molecule has 1 saturated heterocycles. The number of aliphatic hydroxyl groups is 1. The number of hydrogen-bond donors (Lipinski definition) is 4. The van der Waals surface area contributed by atoms with Crippen molar-refractivity contribution in [2.75, 3.05) is 5.73 Å². The van der Waals surface area contributed by atoms with Crippen molar-refractivity contribution in [1.29, 1.82) is 0 Å². The summed E-state index contributed by atoms with van der Waals surface area (Å²) < 4.78 is 0. The number of hydrogen-bond acceptors (Lipinski definition) is 4. The molecule has 0 aromatic heterocycles. The molecular formula is C18H21N3O2. The molecule has 1 heterocycles. The summed E-state index contributed by atoms with van der Waals surface area (Å²) in [5.41, 5.74) is 8.44. The van der Waals surface area contributed by atoms with Gasteiger partial charge in [0.1, 0.15) is 6.23 Å². The summed E-state index contributed by atoms with van der Waals surface area (Å²) in [6, 6.07) is 16.5. The first kappa shape index (κ1) is 15.5. The van der Waals surface area contributed by atoms with E-state index in [1.807, 2.05) is 54.6 Å². The topological polar surface area (TPSA) is 87.4 Å². The number of benzene rings is 2. The molecule has 1 amide bonds. The molecule has 0 radical (unpaired) electrons. The van der Waals surface area contributed by atoms with Gasteiger partial charge in [-0.25, -0.2) is 0 Å². The van der Waals surface area contributed by atoms with Crippen molar-refractivity contribution in [1.82, 2.24) is 10.6 Å². The molecule has 120 valence electrons. The lowest BCUT2D eigenvalue weighted by Gasteiger charge is -2.35. The highest BCUT2D eigenvalue weighted by molar-refractivity contribution is 5.83. The van der Waals surface area contributed by atoms with Crippen LogP contribution in [0.4, 0.5) is 5.69 Å². The first-order valence-corrected chi connectivity index (χ1v) is 7.74. The second kappa shape index (κ2) is 6.81. The zero-order chi connectivity index (χ0) is 16.2. The number of rotatable bonds is 4. The molecular weight excluding hydrogens is 290 g/mol. The summed E-state index contributed by atoms with van der Waals surface area (Å²) in [5, 5.41) is 16.2. The zero-order valence-electron chi connectivity index (χ0n) is 12.8. The standard InChI is InChI=1S/C18H21N3O2/c19-14-8-6-13(7-9-14)11-16-18(23)20-15(17(22)21-16)10-12-4-2-1-3-5-12/h1-9,15-17,21-22H,10-11,19H2,(H,20,23)/t15-,16-,17?/m0/s1. The Bertz CT molecular complexity index is 658. The van der Waals surface area contributed by atoms with Crippen molar-refractivity contribution < 1.29 is 9.90 Å². The van der Waals surface area contributed by atoms with Crippen LogP contribution in [0.1, 0.15) is 11.1 Å². The van der Waals surface area contributed by atoms with E-state index < -0.39 is 12.3 Å². The Kier molecular flexibility index (Phi) is 4.60. The number of piperazine rings is 1. The van der Waals surface area contributed by atoms with E-state index in [0.29, 0.717) is 18.5 Å². The van der Waals surface area contributed by atoms with Crippen LogP contribution in [0.2, 0.25) is 0 Å². The van der Waals surface area contributed by atoms with Gasteiger partial charge < -0.3 is 16.2 Å². The summed E-state index contributed by atoms with van der Waals surface area (Å²) in [6.07, 6.45) is 0.336. The number of carbonyl (C=O) groups excluding carboxylic acids is 1. The number of nitrogens with two attached hydrogens (primary N) is 1. The summed E-state index contributed by atoms with van der Waals surface area (Å²) in [4.78, 5) is 12.3. The van der Waals surface area contributed by atoms with Gasteiger partial charge in [0.15, 0.2) is 0 Å². The van der Waals surface area contributed by atoms with Gasteiger partial charge in [-0.15, -0.1) is 0 Å². The van der Waals surface area contributed by atoms with E-state index in [9.17, 15) is 9.90 Å². The van der Waals surface area contributed by atoms with E-state index in [0.717, 1.165) is 11.1 Å². The third-order valence-corrected chi connectivity index (χ3v) is 4.12. The maximum Gasteiger partial charge on any atom is 0.237 e. The highest BCUT2D eigenvalue weighted by atomic mass is 16.3. The van der Waals surface area contributed by atoms with Crippen LogP contribution in [0, 0.1) is 0 Å². The molecule has 0 spiro atoms. The van der Waals surface area contributed by atoms with Crippen LogP contribution in [0.3, 0.4) is 0 Å². The molecule has 1 unspecified atom stereocenters. The third-order valence-electron chi connectivity index (χ3n) is 4.12. The molecule has 2 aromatic rings. The fourth-order valence-corrected chi connectivity index (χ4v) is 2.83. The van der Waals surface area contributed by atoms with Crippen molar-refractivity contribution >= 4 is 11.6 Å². The monoisotopic (exact) mass is 311 g/mol. The van der Waals surface area contributed by atoms with Gasteiger partial charge in [0.2, 0.25) is 5.91 Å². The Balaban J connectivity index is 1.62.